The molecule has 1 aromatic carbocycles. The predicted molar refractivity (Wildman–Crippen MR) is 84.2 cm³/mol. The first-order chi connectivity index (χ1) is 10.3. The number of nitrogens with zero attached hydrogens (tertiary/aromatic N) is 2. The van der Waals surface area contributed by atoms with Crippen molar-refractivity contribution in [2.75, 3.05) is 0 Å². The van der Waals surface area contributed by atoms with Crippen molar-refractivity contribution in [2.24, 2.45) is 0 Å². The Kier molecular flexibility index (Phi) is 4.93. The van der Waals surface area contributed by atoms with E-state index in [0.29, 0.717) is 0 Å². The van der Waals surface area contributed by atoms with Crippen molar-refractivity contribution in [3.05, 3.63) is 41.5 Å². The first-order valence-corrected chi connectivity index (χ1v) is 8.58. The molecule has 0 atom stereocenters. The fraction of sp³-hybridized carbons (Fsp3) is 0.500. The Balaban J connectivity index is 1.47. The van der Waals surface area contributed by atoms with Crippen LogP contribution >= 0.6 is 11.8 Å². The van der Waals surface area contributed by atoms with E-state index in [-0.39, 0.29) is 0 Å². The zero-order valence-corrected chi connectivity index (χ0v) is 13.2. The van der Waals surface area contributed by atoms with E-state index in [9.17, 15) is 0 Å². The van der Waals surface area contributed by atoms with Crippen molar-refractivity contribution in [3.8, 4) is 0 Å². The van der Waals surface area contributed by atoms with Crippen molar-refractivity contribution < 1.29 is 4.52 Å². The van der Waals surface area contributed by atoms with Crippen LogP contribution in [0.3, 0.4) is 0 Å². The zero-order chi connectivity index (χ0) is 14.5. The van der Waals surface area contributed by atoms with E-state index >= 15 is 0 Å². The lowest BCUT2D eigenvalue weighted by molar-refractivity contribution is 0.373. The summed E-state index contributed by atoms with van der Waals surface area (Å²) in [5.41, 5.74) is 1.34. The fourth-order valence-corrected chi connectivity index (χ4v) is 2.81. The van der Waals surface area contributed by atoms with Crippen LogP contribution in [-0.4, -0.2) is 16.2 Å². The van der Waals surface area contributed by atoms with Crippen LogP contribution in [0.15, 0.2) is 33.7 Å². The van der Waals surface area contributed by atoms with E-state index in [1.165, 1.54) is 23.3 Å². The molecular formula is C16H21N3OS. The third-order valence-electron chi connectivity index (χ3n) is 3.44. The molecule has 0 unspecified atom stereocenters. The highest BCUT2D eigenvalue weighted by Crippen LogP contribution is 2.23. The molecule has 1 heterocycles. The van der Waals surface area contributed by atoms with Gasteiger partial charge in [-0.2, -0.15) is 4.98 Å². The molecule has 5 heteroatoms. The molecule has 1 N–H and O–H groups in total. The molecule has 21 heavy (non-hydrogen) atoms. The highest BCUT2D eigenvalue weighted by Gasteiger charge is 2.19. The summed E-state index contributed by atoms with van der Waals surface area (Å²) in [5, 5.41) is 7.53. The maximum Gasteiger partial charge on any atom is 0.226 e. The Hall–Kier alpha value is -1.33. The van der Waals surface area contributed by atoms with Gasteiger partial charge in [0.15, 0.2) is 5.82 Å². The van der Waals surface area contributed by atoms with E-state index in [1.807, 2.05) is 0 Å². The molecule has 3 rings (SSSR count). The number of benzene rings is 1. The molecule has 0 amide bonds. The van der Waals surface area contributed by atoms with Crippen LogP contribution in [0.4, 0.5) is 0 Å². The van der Waals surface area contributed by atoms with Crippen LogP contribution < -0.4 is 5.32 Å². The Labute approximate surface area is 129 Å². The third-order valence-corrected chi connectivity index (χ3v) is 4.45. The predicted octanol–water partition coefficient (Wildman–Crippen LogP) is 3.57. The standard InChI is InChI=1S/C16H21N3OS/c1-2-3-16-18-15(19-20-16)11-21-14-8-4-12(5-9-14)10-17-13-6-7-13/h4-5,8-9,13,17H,2-3,6-7,10-11H2,1H3. The van der Waals surface area contributed by atoms with Crippen LogP contribution in [-0.2, 0) is 18.7 Å². The highest BCUT2D eigenvalue weighted by molar-refractivity contribution is 7.98. The third kappa shape index (κ3) is 4.58. The lowest BCUT2D eigenvalue weighted by Gasteiger charge is -2.04. The first-order valence-electron chi connectivity index (χ1n) is 7.60. The zero-order valence-electron chi connectivity index (χ0n) is 12.3. The molecule has 0 aliphatic heterocycles. The molecule has 4 nitrogen and oxygen atoms in total. The van der Waals surface area contributed by atoms with Gasteiger partial charge in [0.25, 0.3) is 0 Å². The van der Waals surface area contributed by atoms with Crippen LogP contribution in [0.5, 0.6) is 0 Å². The topological polar surface area (TPSA) is 51.0 Å². The van der Waals surface area contributed by atoms with Gasteiger partial charge in [0.1, 0.15) is 0 Å². The summed E-state index contributed by atoms with van der Waals surface area (Å²) in [7, 11) is 0. The molecule has 0 radical (unpaired) electrons. The Morgan fingerprint density at radius 2 is 2.10 bits per heavy atom. The summed E-state index contributed by atoms with van der Waals surface area (Å²) >= 11 is 1.74. The lowest BCUT2D eigenvalue weighted by Crippen LogP contribution is -2.14. The Bertz CT molecular complexity index is 563. The van der Waals surface area contributed by atoms with E-state index in [0.717, 1.165) is 42.9 Å². The quantitative estimate of drug-likeness (QED) is 0.756. The molecule has 1 saturated carbocycles. The van der Waals surface area contributed by atoms with Gasteiger partial charge in [-0.1, -0.05) is 24.2 Å². The number of nitrogens with one attached hydrogen (secondary N) is 1. The smallest absolute Gasteiger partial charge is 0.226 e. The number of aryl methyl sites for hydroxylation is 1. The molecule has 0 spiro atoms. The SMILES string of the molecule is CCCc1nc(CSc2ccc(CNC3CC3)cc2)no1. The summed E-state index contributed by atoms with van der Waals surface area (Å²) in [6.45, 7) is 3.08. The molecule has 1 aliphatic rings. The Morgan fingerprint density at radius 1 is 1.29 bits per heavy atom. The van der Waals surface area contributed by atoms with Gasteiger partial charge in [-0.05, 0) is 37.0 Å². The van der Waals surface area contributed by atoms with E-state index in [2.05, 4.69) is 46.6 Å². The highest BCUT2D eigenvalue weighted by atomic mass is 32.2. The molecule has 0 bridgehead atoms. The number of hydrogen-bond acceptors (Lipinski definition) is 5. The van der Waals surface area contributed by atoms with Crippen molar-refractivity contribution in [1.82, 2.24) is 15.5 Å². The lowest BCUT2D eigenvalue weighted by atomic mass is 10.2. The van der Waals surface area contributed by atoms with Gasteiger partial charge in [0.05, 0.1) is 5.75 Å². The van der Waals surface area contributed by atoms with Crippen LogP contribution in [0.1, 0.15) is 43.5 Å². The van der Waals surface area contributed by atoms with Crippen molar-refractivity contribution in [2.45, 2.75) is 55.8 Å². The summed E-state index contributed by atoms with van der Waals surface area (Å²) < 4.78 is 5.19. The van der Waals surface area contributed by atoms with Crippen LogP contribution in [0, 0.1) is 0 Å². The molecule has 0 saturated heterocycles. The van der Waals surface area contributed by atoms with Gasteiger partial charge < -0.3 is 9.84 Å². The van der Waals surface area contributed by atoms with Gasteiger partial charge in [-0.3, -0.25) is 0 Å². The normalized spacial score (nSPS) is 14.5. The Morgan fingerprint density at radius 3 is 2.81 bits per heavy atom. The van der Waals surface area contributed by atoms with Gasteiger partial charge in [-0.25, -0.2) is 0 Å². The average Bonchev–Trinajstić information content (AvgIpc) is 3.24. The minimum Gasteiger partial charge on any atom is -0.339 e. The second kappa shape index (κ2) is 7.09. The van der Waals surface area contributed by atoms with Gasteiger partial charge >= 0.3 is 0 Å². The summed E-state index contributed by atoms with van der Waals surface area (Å²) in [6.07, 6.45) is 4.56. The van der Waals surface area contributed by atoms with E-state index < -0.39 is 0 Å². The number of thioether (sulfide) groups is 1. The van der Waals surface area contributed by atoms with E-state index in [4.69, 9.17) is 4.52 Å². The number of rotatable bonds is 8. The molecule has 1 aromatic heterocycles. The maximum absolute atomic E-state index is 5.19. The molecule has 1 fully saturated rings. The summed E-state index contributed by atoms with van der Waals surface area (Å²) in [5.74, 6) is 2.28. The summed E-state index contributed by atoms with van der Waals surface area (Å²) in [4.78, 5) is 5.62. The van der Waals surface area contributed by atoms with E-state index in [1.54, 1.807) is 11.8 Å². The number of aromatic nitrogens is 2. The first kappa shape index (κ1) is 14.6. The molecule has 2 aromatic rings. The van der Waals surface area contributed by atoms with Gasteiger partial charge in [0, 0.05) is 23.9 Å². The second-order valence-electron chi connectivity index (χ2n) is 5.44. The van der Waals surface area contributed by atoms with Crippen molar-refractivity contribution in [1.29, 1.82) is 0 Å². The van der Waals surface area contributed by atoms with Crippen LogP contribution in [0.25, 0.3) is 0 Å². The largest absolute Gasteiger partial charge is 0.339 e. The fourth-order valence-electron chi connectivity index (χ4n) is 2.07. The van der Waals surface area contributed by atoms with Gasteiger partial charge in [-0.15, -0.1) is 11.8 Å². The maximum atomic E-state index is 5.19. The van der Waals surface area contributed by atoms with Crippen molar-refractivity contribution >= 4 is 11.8 Å². The van der Waals surface area contributed by atoms with Crippen LogP contribution in [0.2, 0.25) is 0 Å². The summed E-state index contributed by atoms with van der Waals surface area (Å²) in [6, 6.07) is 9.48. The second-order valence-corrected chi connectivity index (χ2v) is 6.49. The van der Waals surface area contributed by atoms with Crippen molar-refractivity contribution in [3.63, 3.8) is 0 Å². The van der Waals surface area contributed by atoms with Gasteiger partial charge in [0.2, 0.25) is 5.89 Å². The average molecular weight is 303 g/mol. The molecular weight excluding hydrogens is 282 g/mol. The molecule has 1 aliphatic carbocycles. The monoisotopic (exact) mass is 303 g/mol. The minimum atomic E-state index is 0.745. The minimum absolute atomic E-state index is 0.745. The molecule has 112 valence electrons. The number of hydrogen-bond donors (Lipinski definition) is 1.